The highest BCUT2D eigenvalue weighted by Crippen LogP contribution is 2.35. The Morgan fingerprint density at radius 2 is 1.74 bits per heavy atom. The number of carbonyl (C=O) groups excluding carboxylic acids is 2. The molecule has 1 saturated heterocycles. The Morgan fingerprint density at radius 1 is 1.07 bits per heavy atom. The number of piperidine rings is 1. The Morgan fingerprint density at radius 3 is 2.28 bits per heavy atom. The van der Waals surface area contributed by atoms with Crippen molar-refractivity contribution in [3.05, 3.63) is 65.7 Å². The maximum Gasteiger partial charge on any atom is 0.416 e. The summed E-state index contributed by atoms with van der Waals surface area (Å²) in [4.78, 5) is 22.8. The molecule has 1 heterocycles. The number of sulfonamides is 1. The quantitative estimate of drug-likeness (QED) is 0.301. The highest BCUT2D eigenvalue weighted by Gasteiger charge is 2.33. The summed E-state index contributed by atoms with van der Waals surface area (Å²) in [5, 5.41) is 6.04. The van der Waals surface area contributed by atoms with Gasteiger partial charge in [-0.05, 0) is 76.1 Å². The molecule has 0 radical (unpaired) electrons. The average molecular weight is 691 g/mol. The SMILES string of the molecule is CC(C)(C)OC=O.CN(CCNS(=O)(=O)CC=Cc1cc(S(=O)(=O)c2ccccc2)ccc1C(F)(F)F)C(=O)NC1CCCNC1. The lowest BCUT2D eigenvalue weighted by molar-refractivity contribution is -0.139. The largest absolute Gasteiger partial charge is 0.462 e. The van der Waals surface area contributed by atoms with Gasteiger partial charge in [-0.2, -0.15) is 13.2 Å². The molecule has 0 aromatic heterocycles. The Hall–Kier alpha value is -3.47. The van der Waals surface area contributed by atoms with Crippen LogP contribution in [-0.2, 0) is 35.6 Å². The van der Waals surface area contributed by atoms with Gasteiger partial charge in [-0.25, -0.2) is 26.4 Å². The molecule has 2 aromatic rings. The molecule has 2 aromatic carbocycles. The number of urea groups is 1. The van der Waals surface area contributed by atoms with Gasteiger partial charge in [-0.3, -0.25) is 4.79 Å². The van der Waals surface area contributed by atoms with Gasteiger partial charge >= 0.3 is 12.2 Å². The van der Waals surface area contributed by atoms with Crippen molar-refractivity contribution in [2.75, 3.05) is 39.0 Å². The van der Waals surface area contributed by atoms with Crippen LogP contribution in [0.5, 0.6) is 0 Å². The van der Waals surface area contributed by atoms with E-state index in [-0.39, 0.29) is 40.6 Å². The van der Waals surface area contributed by atoms with Crippen molar-refractivity contribution in [2.45, 2.75) is 61.2 Å². The molecule has 256 valence electrons. The van der Waals surface area contributed by atoms with Gasteiger partial charge in [0.25, 0.3) is 6.47 Å². The summed E-state index contributed by atoms with van der Waals surface area (Å²) in [6.45, 7) is 7.46. The van der Waals surface area contributed by atoms with Crippen molar-refractivity contribution in [1.29, 1.82) is 0 Å². The number of nitrogens with one attached hydrogen (secondary N) is 3. The topological polar surface area (TPSA) is 151 Å². The third-order valence-corrected chi connectivity index (χ3v) is 9.49. The molecule has 0 aliphatic carbocycles. The highest BCUT2D eigenvalue weighted by molar-refractivity contribution is 7.91. The molecule has 0 saturated carbocycles. The molecule has 2 amide bonds. The predicted molar refractivity (Wildman–Crippen MR) is 168 cm³/mol. The normalized spacial score (nSPS) is 15.8. The van der Waals surface area contributed by atoms with Crippen molar-refractivity contribution in [2.24, 2.45) is 0 Å². The zero-order chi connectivity index (χ0) is 34.6. The number of amides is 2. The molecule has 1 atom stereocenters. The number of ether oxygens (including phenoxy) is 1. The molecule has 0 bridgehead atoms. The molecule has 16 heteroatoms. The van der Waals surface area contributed by atoms with Crippen molar-refractivity contribution >= 4 is 38.4 Å². The zero-order valence-corrected chi connectivity index (χ0v) is 27.8. The van der Waals surface area contributed by atoms with Gasteiger partial charge in [-0.1, -0.05) is 30.4 Å². The van der Waals surface area contributed by atoms with Gasteiger partial charge in [0.15, 0.2) is 0 Å². The molecular weight excluding hydrogens is 649 g/mol. The molecule has 3 rings (SSSR count). The zero-order valence-electron chi connectivity index (χ0n) is 26.1. The van der Waals surface area contributed by atoms with Crippen LogP contribution in [0.4, 0.5) is 18.0 Å². The number of alkyl halides is 3. The second-order valence-corrected chi connectivity index (χ2v) is 15.2. The van der Waals surface area contributed by atoms with Crippen LogP contribution in [0.2, 0.25) is 0 Å². The van der Waals surface area contributed by atoms with Gasteiger partial charge < -0.3 is 20.3 Å². The van der Waals surface area contributed by atoms with E-state index >= 15 is 0 Å². The Bertz CT molecular complexity index is 1540. The second kappa shape index (κ2) is 16.9. The van der Waals surface area contributed by atoms with E-state index in [2.05, 4.69) is 20.1 Å². The van der Waals surface area contributed by atoms with Crippen LogP contribution in [0.3, 0.4) is 0 Å². The first kappa shape index (κ1) is 38.7. The summed E-state index contributed by atoms with van der Waals surface area (Å²) < 4.78 is 98.0. The number of sulfone groups is 1. The number of halogens is 3. The van der Waals surface area contributed by atoms with Crippen LogP contribution in [-0.4, -0.2) is 84.9 Å². The second-order valence-electron chi connectivity index (χ2n) is 11.4. The first-order valence-corrected chi connectivity index (χ1v) is 17.5. The lowest BCUT2D eigenvalue weighted by Crippen LogP contribution is -2.50. The molecule has 1 unspecified atom stereocenters. The third-order valence-electron chi connectivity index (χ3n) is 6.45. The fraction of sp³-hybridized carbons (Fsp3) is 0.467. The fourth-order valence-electron chi connectivity index (χ4n) is 4.07. The Balaban J connectivity index is 0.000000942. The molecule has 0 spiro atoms. The Labute approximate surface area is 268 Å². The van der Waals surface area contributed by atoms with Crippen LogP contribution in [0.25, 0.3) is 6.08 Å². The smallest absolute Gasteiger partial charge is 0.416 e. The molecule has 1 aliphatic rings. The third kappa shape index (κ3) is 13.1. The fourth-order valence-corrected chi connectivity index (χ4v) is 6.26. The summed E-state index contributed by atoms with van der Waals surface area (Å²) in [5.41, 5.74) is -1.90. The number of hydrogen-bond acceptors (Lipinski definition) is 8. The number of benzene rings is 2. The number of nitrogens with zero attached hydrogens (tertiary/aromatic N) is 1. The van der Waals surface area contributed by atoms with Crippen LogP contribution in [0, 0.1) is 0 Å². The first-order chi connectivity index (χ1) is 21.4. The van der Waals surface area contributed by atoms with Crippen LogP contribution in [0.1, 0.15) is 44.7 Å². The molecular formula is C30H41F3N4O7S2. The first-order valence-electron chi connectivity index (χ1n) is 14.3. The van der Waals surface area contributed by atoms with E-state index in [4.69, 9.17) is 0 Å². The van der Waals surface area contributed by atoms with Gasteiger partial charge in [0.2, 0.25) is 19.9 Å². The summed E-state index contributed by atoms with van der Waals surface area (Å²) in [5.74, 6) is -0.649. The lowest BCUT2D eigenvalue weighted by Gasteiger charge is -2.26. The monoisotopic (exact) mass is 690 g/mol. The average Bonchev–Trinajstić information content (AvgIpc) is 2.97. The van der Waals surface area contributed by atoms with E-state index in [0.29, 0.717) is 19.1 Å². The van der Waals surface area contributed by atoms with Crippen LogP contribution >= 0.6 is 0 Å². The summed E-state index contributed by atoms with van der Waals surface area (Å²) in [7, 11) is -6.50. The van der Waals surface area contributed by atoms with E-state index in [9.17, 15) is 39.6 Å². The van der Waals surface area contributed by atoms with Crippen molar-refractivity contribution in [1.82, 2.24) is 20.3 Å². The van der Waals surface area contributed by atoms with E-state index in [1.54, 1.807) is 6.07 Å². The van der Waals surface area contributed by atoms with Crippen LogP contribution in [0.15, 0.2) is 64.4 Å². The van der Waals surface area contributed by atoms with E-state index in [1.165, 1.54) is 36.2 Å². The summed E-state index contributed by atoms with van der Waals surface area (Å²) in [6, 6.07) is 9.32. The minimum atomic E-state index is -4.79. The van der Waals surface area contributed by atoms with Crippen molar-refractivity contribution in [3.8, 4) is 0 Å². The standard InChI is InChI=1S/C25H31F3N4O5S2.C5H10O2/c1-32(24(33)31-20-8-5-13-29-18-20)15-14-30-38(34,35)16-6-7-19-17-22(11-12-23(19)25(26,27)28)39(36,37)21-9-3-2-4-10-21;1-5(2,3)7-4-6/h2-4,6-7,9-12,17,20,29-30H,5,8,13-16,18H2,1H3,(H,31,33);4H,1-3H3. The number of hydrogen-bond donors (Lipinski definition) is 3. The number of carbonyl (C=O) groups is 2. The molecule has 1 aliphatic heterocycles. The molecule has 1 fully saturated rings. The van der Waals surface area contributed by atoms with E-state index < -0.39 is 42.9 Å². The maximum absolute atomic E-state index is 13.6. The maximum atomic E-state index is 13.6. The summed E-state index contributed by atoms with van der Waals surface area (Å²) >= 11 is 0. The van der Waals surface area contributed by atoms with Gasteiger partial charge in [-0.15, -0.1) is 0 Å². The van der Waals surface area contributed by atoms with E-state index in [1.807, 2.05) is 20.8 Å². The highest BCUT2D eigenvalue weighted by atomic mass is 32.2. The van der Waals surface area contributed by atoms with Gasteiger partial charge in [0.1, 0.15) is 5.60 Å². The predicted octanol–water partition coefficient (Wildman–Crippen LogP) is 3.82. The molecule has 3 N–H and O–H groups in total. The lowest BCUT2D eigenvalue weighted by atomic mass is 10.1. The van der Waals surface area contributed by atoms with Gasteiger partial charge in [0.05, 0.1) is 21.1 Å². The van der Waals surface area contributed by atoms with Gasteiger partial charge in [0, 0.05) is 32.7 Å². The minimum Gasteiger partial charge on any atom is -0.462 e. The Kier molecular flexibility index (Phi) is 14.2. The van der Waals surface area contributed by atoms with Crippen molar-refractivity contribution < 1.29 is 44.3 Å². The van der Waals surface area contributed by atoms with Crippen molar-refractivity contribution in [3.63, 3.8) is 0 Å². The van der Waals surface area contributed by atoms with Crippen LogP contribution < -0.4 is 15.4 Å². The molecule has 46 heavy (non-hydrogen) atoms. The summed E-state index contributed by atoms with van der Waals surface area (Å²) in [6.07, 6.45) is -1.05. The molecule has 11 nitrogen and oxygen atoms in total. The number of likely N-dealkylation sites (N-methyl/N-ethyl adjacent to an activating group) is 1. The number of rotatable bonds is 11. The minimum absolute atomic E-state index is 0.00157. The van der Waals surface area contributed by atoms with E-state index in [0.717, 1.165) is 43.7 Å².